The van der Waals surface area contributed by atoms with E-state index in [0.717, 1.165) is 21.9 Å². The molecule has 0 unspecified atom stereocenters. The molecule has 2 aromatic carbocycles. The highest BCUT2D eigenvalue weighted by atomic mass is 32.2. The number of hydrogen-bond donors (Lipinski definition) is 1. The lowest BCUT2D eigenvalue weighted by Crippen LogP contribution is -1.88. The van der Waals surface area contributed by atoms with Crippen molar-refractivity contribution < 1.29 is 4.42 Å². The molecule has 0 fully saturated rings. The van der Waals surface area contributed by atoms with Crippen molar-refractivity contribution >= 4 is 17.4 Å². The van der Waals surface area contributed by atoms with Gasteiger partial charge in [0.1, 0.15) is 0 Å². The van der Waals surface area contributed by atoms with Gasteiger partial charge < -0.3 is 10.2 Å². The van der Waals surface area contributed by atoms with Crippen LogP contribution < -0.4 is 5.73 Å². The summed E-state index contributed by atoms with van der Waals surface area (Å²) in [6, 6.07) is 17.8. The fourth-order valence-electron chi connectivity index (χ4n) is 1.86. The summed E-state index contributed by atoms with van der Waals surface area (Å²) < 4.78 is 5.76. The van der Waals surface area contributed by atoms with Gasteiger partial charge in [0.25, 0.3) is 0 Å². The second kappa shape index (κ2) is 5.84. The molecule has 4 heteroatoms. The molecule has 3 aromatic rings. The topological polar surface area (TPSA) is 52.0 Å². The zero-order valence-corrected chi connectivity index (χ0v) is 11.6. The van der Waals surface area contributed by atoms with E-state index >= 15 is 0 Å². The first-order valence-electron chi connectivity index (χ1n) is 6.30. The first-order chi connectivity index (χ1) is 9.83. The third-order valence-corrected chi connectivity index (χ3v) is 3.96. The van der Waals surface area contributed by atoms with Gasteiger partial charge >= 0.3 is 0 Å². The number of oxazole rings is 1. The SMILES string of the molecule is Nc1ccccc1SCc1ncc(-c2ccccc2)o1. The Morgan fingerprint density at radius 3 is 2.55 bits per heavy atom. The van der Waals surface area contributed by atoms with Gasteiger partial charge in [0.2, 0.25) is 5.89 Å². The van der Waals surface area contributed by atoms with E-state index in [2.05, 4.69) is 4.98 Å². The van der Waals surface area contributed by atoms with E-state index < -0.39 is 0 Å². The molecule has 0 saturated heterocycles. The summed E-state index contributed by atoms with van der Waals surface area (Å²) in [6.45, 7) is 0. The van der Waals surface area contributed by atoms with Crippen molar-refractivity contribution in [3.05, 3.63) is 66.7 Å². The number of benzene rings is 2. The van der Waals surface area contributed by atoms with Crippen LogP contribution in [0, 0.1) is 0 Å². The maximum absolute atomic E-state index is 5.91. The number of hydrogen-bond acceptors (Lipinski definition) is 4. The molecule has 20 heavy (non-hydrogen) atoms. The van der Waals surface area contributed by atoms with Crippen molar-refractivity contribution in [3.8, 4) is 11.3 Å². The predicted octanol–water partition coefficient (Wildman–Crippen LogP) is 4.22. The van der Waals surface area contributed by atoms with Crippen LogP contribution in [-0.2, 0) is 5.75 Å². The lowest BCUT2D eigenvalue weighted by Gasteiger charge is -2.02. The molecule has 100 valence electrons. The van der Waals surface area contributed by atoms with Gasteiger partial charge in [-0.05, 0) is 12.1 Å². The molecule has 0 radical (unpaired) electrons. The molecular weight excluding hydrogens is 268 g/mol. The number of anilines is 1. The Labute approximate surface area is 121 Å². The highest BCUT2D eigenvalue weighted by Crippen LogP contribution is 2.28. The average molecular weight is 282 g/mol. The fourth-order valence-corrected chi connectivity index (χ4v) is 2.69. The van der Waals surface area contributed by atoms with Crippen LogP contribution in [0.1, 0.15) is 5.89 Å². The van der Waals surface area contributed by atoms with Crippen molar-refractivity contribution in [2.75, 3.05) is 5.73 Å². The van der Waals surface area contributed by atoms with Crippen LogP contribution in [0.3, 0.4) is 0 Å². The van der Waals surface area contributed by atoms with E-state index in [1.54, 1.807) is 18.0 Å². The van der Waals surface area contributed by atoms with E-state index in [0.29, 0.717) is 11.6 Å². The molecule has 0 aliphatic heterocycles. The molecule has 0 aliphatic rings. The van der Waals surface area contributed by atoms with Crippen LogP contribution >= 0.6 is 11.8 Å². The van der Waals surface area contributed by atoms with Crippen molar-refractivity contribution in [1.82, 2.24) is 4.98 Å². The Hall–Kier alpha value is -2.20. The standard InChI is InChI=1S/C16H14N2OS/c17-13-8-4-5-9-15(13)20-11-16-18-10-14(19-16)12-6-2-1-3-7-12/h1-10H,11,17H2. The van der Waals surface area contributed by atoms with E-state index in [9.17, 15) is 0 Å². The highest BCUT2D eigenvalue weighted by Gasteiger charge is 2.07. The molecule has 3 nitrogen and oxygen atoms in total. The Morgan fingerprint density at radius 1 is 1.00 bits per heavy atom. The maximum Gasteiger partial charge on any atom is 0.205 e. The van der Waals surface area contributed by atoms with Gasteiger partial charge in [-0.15, -0.1) is 11.8 Å². The van der Waals surface area contributed by atoms with Crippen molar-refractivity contribution in [1.29, 1.82) is 0 Å². The second-order valence-electron chi connectivity index (χ2n) is 4.31. The number of nitrogens with zero attached hydrogens (tertiary/aromatic N) is 1. The molecule has 1 heterocycles. The predicted molar refractivity (Wildman–Crippen MR) is 82.4 cm³/mol. The van der Waals surface area contributed by atoms with Crippen LogP contribution in [0.5, 0.6) is 0 Å². The van der Waals surface area contributed by atoms with Crippen LogP contribution in [-0.4, -0.2) is 4.98 Å². The first kappa shape index (κ1) is 12.8. The number of rotatable bonds is 4. The van der Waals surface area contributed by atoms with Gasteiger partial charge in [-0.25, -0.2) is 4.98 Å². The molecule has 1 aromatic heterocycles. The van der Waals surface area contributed by atoms with Crippen LogP contribution in [0.4, 0.5) is 5.69 Å². The van der Waals surface area contributed by atoms with Crippen molar-refractivity contribution in [2.24, 2.45) is 0 Å². The molecule has 3 rings (SSSR count). The quantitative estimate of drug-likeness (QED) is 0.575. The molecule has 0 spiro atoms. The lowest BCUT2D eigenvalue weighted by atomic mass is 10.2. The summed E-state index contributed by atoms with van der Waals surface area (Å²) in [5.41, 5.74) is 7.73. The number of thioether (sulfide) groups is 1. The number of nitrogen functional groups attached to an aromatic ring is 1. The first-order valence-corrected chi connectivity index (χ1v) is 7.29. The second-order valence-corrected chi connectivity index (χ2v) is 5.33. The van der Waals surface area contributed by atoms with E-state index in [-0.39, 0.29) is 0 Å². The minimum absolute atomic E-state index is 0.668. The third-order valence-electron chi connectivity index (χ3n) is 2.88. The smallest absolute Gasteiger partial charge is 0.205 e. The monoisotopic (exact) mass is 282 g/mol. The van der Waals surface area contributed by atoms with Crippen molar-refractivity contribution in [3.63, 3.8) is 0 Å². The van der Waals surface area contributed by atoms with Crippen LogP contribution in [0.15, 0.2) is 70.1 Å². The third kappa shape index (κ3) is 2.86. The van der Waals surface area contributed by atoms with Crippen LogP contribution in [0.2, 0.25) is 0 Å². The molecule has 0 saturated carbocycles. The summed E-state index contributed by atoms with van der Waals surface area (Å²) >= 11 is 1.63. The van der Waals surface area contributed by atoms with Gasteiger partial charge in [0, 0.05) is 16.1 Å². The van der Waals surface area contributed by atoms with Crippen molar-refractivity contribution in [2.45, 2.75) is 10.6 Å². The summed E-state index contributed by atoms with van der Waals surface area (Å²) in [6.07, 6.45) is 1.76. The van der Waals surface area contributed by atoms with Gasteiger partial charge in [0.15, 0.2) is 5.76 Å². The molecule has 2 N–H and O–H groups in total. The Kier molecular flexibility index (Phi) is 3.74. The largest absolute Gasteiger partial charge is 0.440 e. The van der Waals surface area contributed by atoms with E-state index in [1.165, 1.54) is 0 Å². The van der Waals surface area contributed by atoms with E-state index in [1.807, 2.05) is 54.6 Å². The summed E-state index contributed by atoms with van der Waals surface area (Å²) in [4.78, 5) is 5.36. The zero-order valence-electron chi connectivity index (χ0n) is 10.8. The maximum atomic E-state index is 5.91. The van der Waals surface area contributed by atoms with E-state index in [4.69, 9.17) is 10.2 Å². The molecule has 0 bridgehead atoms. The Balaban J connectivity index is 1.71. The minimum atomic E-state index is 0.668. The summed E-state index contributed by atoms with van der Waals surface area (Å²) in [5.74, 6) is 2.17. The number of para-hydroxylation sites is 1. The lowest BCUT2D eigenvalue weighted by molar-refractivity contribution is 0.530. The summed E-state index contributed by atoms with van der Waals surface area (Å²) in [7, 11) is 0. The Morgan fingerprint density at radius 2 is 1.75 bits per heavy atom. The zero-order chi connectivity index (χ0) is 13.8. The Bertz CT molecular complexity index is 694. The average Bonchev–Trinajstić information content (AvgIpc) is 2.96. The number of nitrogens with two attached hydrogens (primary N) is 1. The molecule has 0 amide bonds. The molecule has 0 atom stereocenters. The van der Waals surface area contributed by atoms with Crippen LogP contribution in [0.25, 0.3) is 11.3 Å². The molecular formula is C16H14N2OS. The highest BCUT2D eigenvalue weighted by molar-refractivity contribution is 7.98. The van der Waals surface area contributed by atoms with Gasteiger partial charge in [-0.3, -0.25) is 0 Å². The van der Waals surface area contributed by atoms with Gasteiger partial charge in [0.05, 0.1) is 11.9 Å². The summed E-state index contributed by atoms with van der Waals surface area (Å²) in [5, 5.41) is 0. The minimum Gasteiger partial charge on any atom is -0.440 e. The molecule has 0 aliphatic carbocycles. The fraction of sp³-hybridized carbons (Fsp3) is 0.0625. The van der Waals surface area contributed by atoms with Gasteiger partial charge in [-0.1, -0.05) is 42.5 Å². The normalized spacial score (nSPS) is 10.6. The number of aromatic nitrogens is 1. The van der Waals surface area contributed by atoms with Gasteiger partial charge in [-0.2, -0.15) is 0 Å².